The van der Waals surface area contributed by atoms with E-state index in [1.807, 2.05) is 4.90 Å². The van der Waals surface area contributed by atoms with Crippen LogP contribution < -0.4 is 5.32 Å². The van der Waals surface area contributed by atoms with Gasteiger partial charge in [-0.1, -0.05) is 24.3 Å². The molecule has 0 bridgehead atoms. The van der Waals surface area contributed by atoms with Crippen LogP contribution in [0, 0.1) is 0 Å². The maximum absolute atomic E-state index is 12.4. The van der Waals surface area contributed by atoms with Gasteiger partial charge < -0.3 is 10.2 Å². The van der Waals surface area contributed by atoms with Crippen molar-refractivity contribution in [3.05, 3.63) is 35.4 Å². The van der Waals surface area contributed by atoms with E-state index in [1.165, 1.54) is 30.4 Å². The van der Waals surface area contributed by atoms with Crippen LogP contribution >= 0.6 is 0 Å². The number of nitrogens with zero attached hydrogens (tertiary/aromatic N) is 1. The molecular formula is C17H24N2O. The SMILES string of the molecule is O=C(Cc1ccccc1[C@@H]1CCCN1)N1CCCCC1. The standard InChI is InChI=1S/C17H24N2O/c20-17(19-11-4-1-5-12-19)13-14-7-2-3-8-15(14)16-9-6-10-18-16/h2-3,7-8,16,18H,1,4-6,9-13H2/t16-/m0/s1. The lowest BCUT2D eigenvalue weighted by molar-refractivity contribution is -0.131. The second-order valence-electron chi connectivity index (χ2n) is 5.97. The minimum absolute atomic E-state index is 0.301. The first kappa shape index (κ1) is 13.6. The molecule has 0 saturated carbocycles. The number of amides is 1. The summed E-state index contributed by atoms with van der Waals surface area (Å²) in [5.74, 6) is 0.301. The summed E-state index contributed by atoms with van der Waals surface area (Å²) in [7, 11) is 0. The first-order chi connectivity index (χ1) is 9.84. The Labute approximate surface area is 121 Å². The minimum Gasteiger partial charge on any atom is -0.342 e. The summed E-state index contributed by atoms with van der Waals surface area (Å²) in [4.78, 5) is 14.5. The summed E-state index contributed by atoms with van der Waals surface area (Å²) in [6.07, 6.45) is 6.59. The third-order valence-electron chi connectivity index (χ3n) is 4.54. The van der Waals surface area contributed by atoms with Crippen molar-refractivity contribution in [1.29, 1.82) is 0 Å². The highest BCUT2D eigenvalue weighted by molar-refractivity contribution is 5.79. The first-order valence-corrected chi connectivity index (χ1v) is 7.93. The molecule has 1 atom stereocenters. The van der Waals surface area contributed by atoms with E-state index in [9.17, 15) is 4.79 Å². The van der Waals surface area contributed by atoms with Gasteiger partial charge in [-0.15, -0.1) is 0 Å². The smallest absolute Gasteiger partial charge is 0.227 e. The Morgan fingerprint density at radius 3 is 2.70 bits per heavy atom. The summed E-state index contributed by atoms with van der Waals surface area (Å²) in [6.45, 7) is 2.99. The average molecular weight is 272 g/mol. The predicted octanol–water partition coefficient (Wildman–Crippen LogP) is 2.67. The first-order valence-electron chi connectivity index (χ1n) is 7.93. The van der Waals surface area contributed by atoms with Crippen LogP contribution in [0.2, 0.25) is 0 Å². The van der Waals surface area contributed by atoms with Crippen molar-refractivity contribution in [2.24, 2.45) is 0 Å². The zero-order chi connectivity index (χ0) is 13.8. The normalized spacial score (nSPS) is 23.0. The fourth-order valence-electron chi connectivity index (χ4n) is 3.40. The Morgan fingerprint density at radius 2 is 1.95 bits per heavy atom. The summed E-state index contributed by atoms with van der Waals surface area (Å²) in [5.41, 5.74) is 2.54. The second kappa shape index (κ2) is 6.40. The van der Waals surface area contributed by atoms with Crippen LogP contribution in [0.15, 0.2) is 24.3 Å². The third kappa shape index (κ3) is 3.04. The monoisotopic (exact) mass is 272 g/mol. The molecule has 1 aromatic carbocycles. The number of rotatable bonds is 3. The molecule has 0 spiro atoms. The van der Waals surface area contributed by atoms with E-state index in [0.29, 0.717) is 18.4 Å². The number of nitrogens with one attached hydrogen (secondary N) is 1. The highest BCUT2D eigenvalue weighted by atomic mass is 16.2. The Hall–Kier alpha value is -1.35. The van der Waals surface area contributed by atoms with Gasteiger partial charge >= 0.3 is 0 Å². The van der Waals surface area contributed by atoms with E-state index in [2.05, 4.69) is 29.6 Å². The van der Waals surface area contributed by atoms with Crippen LogP contribution in [0.1, 0.15) is 49.3 Å². The summed E-state index contributed by atoms with van der Waals surface area (Å²) in [6, 6.07) is 8.89. The molecule has 1 N–H and O–H groups in total. The molecule has 2 fully saturated rings. The number of carbonyl (C=O) groups excluding carboxylic acids is 1. The highest BCUT2D eigenvalue weighted by Crippen LogP contribution is 2.26. The van der Waals surface area contributed by atoms with E-state index in [-0.39, 0.29) is 0 Å². The van der Waals surface area contributed by atoms with Crippen molar-refractivity contribution in [3.8, 4) is 0 Å². The van der Waals surface area contributed by atoms with Gasteiger partial charge in [-0.25, -0.2) is 0 Å². The van der Waals surface area contributed by atoms with Gasteiger partial charge in [0.2, 0.25) is 5.91 Å². The topological polar surface area (TPSA) is 32.3 Å². The van der Waals surface area contributed by atoms with E-state index >= 15 is 0 Å². The van der Waals surface area contributed by atoms with Gasteiger partial charge in [0.05, 0.1) is 6.42 Å². The van der Waals surface area contributed by atoms with E-state index < -0.39 is 0 Å². The van der Waals surface area contributed by atoms with E-state index in [1.54, 1.807) is 0 Å². The number of carbonyl (C=O) groups is 1. The number of hydrogen-bond donors (Lipinski definition) is 1. The zero-order valence-electron chi connectivity index (χ0n) is 12.1. The Morgan fingerprint density at radius 1 is 1.15 bits per heavy atom. The van der Waals surface area contributed by atoms with Gasteiger partial charge in [-0.05, 0) is 49.8 Å². The number of likely N-dealkylation sites (tertiary alicyclic amines) is 1. The van der Waals surface area contributed by atoms with Crippen molar-refractivity contribution < 1.29 is 4.79 Å². The minimum atomic E-state index is 0.301. The van der Waals surface area contributed by atoms with Crippen molar-refractivity contribution in [3.63, 3.8) is 0 Å². The molecule has 1 aromatic rings. The van der Waals surface area contributed by atoms with E-state index in [4.69, 9.17) is 0 Å². The van der Waals surface area contributed by atoms with Crippen molar-refractivity contribution in [1.82, 2.24) is 10.2 Å². The molecule has 3 heteroatoms. The van der Waals surface area contributed by atoms with Crippen molar-refractivity contribution >= 4 is 5.91 Å². The zero-order valence-corrected chi connectivity index (χ0v) is 12.1. The van der Waals surface area contributed by atoms with Gasteiger partial charge in [-0.3, -0.25) is 4.79 Å². The lowest BCUT2D eigenvalue weighted by Crippen LogP contribution is -2.36. The maximum atomic E-state index is 12.4. The van der Waals surface area contributed by atoms with Gasteiger partial charge in [0.1, 0.15) is 0 Å². The molecule has 0 radical (unpaired) electrons. The van der Waals surface area contributed by atoms with Crippen molar-refractivity contribution in [2.75, 3.05) is 19.6 Å². The number of piperidine rings is 1. The van der Waals surface area contributed by atoms with Gasteiger partial charge in [0, 0.05) is 19.1 Å². The summed E-state index contributed by atoms with van der Waals surface area (Å²) < 4.78 is 0. The molecule has 1 amide bonds. The van der Waals surface area contributed by atoms with Crippen LogP contribution in [-0.2, 0) is 11.2 Å². The fourth-order valence-corrected chi connectivity index (χ4v) is 3.40. The second-order valence-corrected chi connectivity index (χ2v) is 5.97. The molecule has 0 aliphatic carbocycles. The molecule has 20 heavy (non-hydrogen) atoms. The molecule has 2 aliphatic rings. The molecule has 3 nitrogen and oxygen atoms in total. The van der Waals surface area contributed by atoms with Crippen LogP contribution in [0.5, 0.6) is 0 Å². The van der Waals surface area contributed by atoms with Gasteiger partial charge in [0.25, 0.3) is 0 Å². The van der Waals surface area contributed by atoms with Crippen LogP contribution in [-0.4, -0.2) is 30.4 Å². The molecule has 0 unspecified atom stereocenters. The third-order valence-corrected chi connectivity index (χ3v) is 4.54. The Kier molecular flexibility index (Phi) is 4.36. The lowest BCUT2D eigenvalue weighted by atomic mass is 9.96. The quantitative estimate of drug-likeness (QED) is 0.917. The van der Waals surface area contributed by atoms with Gasteiger partial charge in [-0.2, -0.15) is 0 Å². The summed E-state index contributed by atoms with van der Waals surface area (Å²) in [5, 5.41) is 3.54. The molecule has 108 valence electrons. The molecule has 0 aromatic heterocycles. The number of hydrogen-bond acceptors (Lipinski definition) is 2. The molecule has 2 heterocycles. The molecule has 3 rings (SSSR count). The molecule has 2 aliphatic heterocycles. The lowest BCUT2D eigenvalue weighted by Gasteiger charge is -2.27. The summed E-state index contributed by atoms with van der Waals surface area (Å²) >= 11 is 0. The van der Waals surface area contributed by atoms with Gasteiger partial charge in [0.15, 0.2) is 0 Å². The fraction of sp³-hybridized carbons (Fsp3) is 0.588. The predicted molar refractivity (Wildman–Crippen MR) is 80.6 cm³/mol. The van der Waals surface area contributed by atoms with Crippen LogP contribution in [0.25, 0.3) is 0 Å². The van der Waals surface area contributed by atoms with Crippen LogP contribution in [0.4, 0.5) is 0 Å². The number of benzene rings is 1. The van der Waals surface area contributed by atoms with Crippen molar-refractivity contribution in [2.45, 2.75) is 44.6 Å². The molecule has 2 saturated heterocycles. The Balaban J connectivity index is 1.71. The highest BCUT2D eigenvalue weighted by Gasteiger charge is 2.22. The van der Waals surface area contributed by atoms with Crippen LogP contribution in [0.3, 0.4) is 0 Å². The van der Waals surface area contributed by atoms with E-state index in [0.717, 1.165) is 32.5 Å². The largest absolute Gasteiger partial charge is 0.342 e. The Bertz CT molecular complexity index is 460. The average Bonchev–Trinajstić information content (AvgIpc) is 3.03. The molecular weight excluding hydrogens is 248 g/mol. The maximum Gasteiger partial charge on any atom is 0.227 e.